The summed E-state index contributed by atoms with van der Waals surface area (Å²) in [6, 6.07) is 5.68. The van der Waals surface area contributed by atoms with Crippen LogP contribution in [0.3, 0.4) is 0 Å². The first-order valence-electron chi connectivity index (χ1n) is 7.23. The monoisotopic (exact) mass is 286 g/mol. The molecule has 2 aliphatic heterocycles. The van der Waals surface area contributed by atoms with E-state index in [2.05, 4.69) is 5.32 Å². The molecule has 0 aromatic heterocycles. The maximum atomic E-state index is 12.7. The van der Waals surface area contributed by atoms with E-state index in [4.69, 9.17) is 0 Å². The first-order valence-corrected chi connectivity index (χ1v) is 7.23. The van der Waals surface area contributed by atoms with Crippen molar-refractivity contribution in [3.05, 3.63) is 29.3 Å². The van der Waals surface area contributed by atoms with Crippen molar-refractivity contribution in [1.82, 2.24) is 5.32 Å². The number of nitrogens with zero attached hydrogens (tertiary/aromatic N) is 1. The highest BCUT2D eigenvalue weighted by molar-refractivity contribution is 6.10. The average molecular weight is 286 g/mol. The fourth-order valence-corrected chi connectivity index (χ4v) is 4.41. The molecule has 4 rings (SSSR count). The van der Waals surface area contributed by atoms with Crippen LogP contribution in [0.15, 0.2) is 18.2 Å². The molecule has 0 spiro atoms. The number of hydrogen-bond acceptors (Lipinski definition) is 3. The highest BCUT2D eigenvalue weighted by Crippen LogP contribution is 2.55. The zero-order valence-corrected chi connectivity index (χ0v) is 12.3. The van der Waals surface area contributed by atoms with Crippen LogP contribution in [0.4, 0.5) is 5.69 Å². The smallest absolute Gasteiger partial charge is 0.264 e. The van der Waals surface area contributed by atoms with Crippen molar-refractivity contribution < 1.29 is 14.7 Å². The molecule has 5 nitrogen and oxygen atoms in total. The van der Waals surface area contributed by atoms with Gasteiger partial charge in [0.2, 0.25) is 5.91 Å². The zero-order valence-electron chi connectivity index (χ0n) is 12.3. The number of aliphatic hydroxyl groups is 1. The Morgan fingerprint density at radius 2 is 2.05 bits per heavy atom. The number of nitrogens with one attached hydrogen (secondary N) is 1. The molecule has 1 aromatic rings. The third-order valence-corrected chi connectivity index (χ3v) is 5.45. The Kier molecular flexibility index (Phi) is 2.12. The SMILES string of the molecule is CN1C(=O)[C@]2(O)c3c(cccc31)C[C@@H]1[C@H]2C(=O)NC1(C)C. The van der Waals surface area contributed by atoms with Crippen molar-refractivity contribution in [2.45, 2.75) is 31.4 Å². The molecule has 0 radical (unpaired) electrons. The van der Waals surface area contributed by atoms with Gasteiger partial charge in [-0.2, -0.15) is 0 Å². The van der Waals surface area contributed by atoms with Crippen molar-refractivity contribution >= 4 is 17.5 Å². The standard InChI is InChI=1S/C16H18N2O3/c1-15(2)9-7-8-5-4-6-10-11(8)16(21,14(20)18(10)3)12(9)13(19)17-15/h4-6,9,12,21H,7H2,1-3H3,(H,17,19)/t9-,12+,16+/m1/s1. The third kappa shape index (κ3) is 1.26. The first-order chi connectivity index (χ1) is 9.78. The van der Waals surface area contributed by atoms with E-state index in [1.54, 1.807) is 7.05 Å². The Balaban J connectivity index is 2.03. The molecule has 0 saturated carbocycles. The summed E-state index contributed by atoms with van der Waals surface area (Å²) in [4.78, 5) is 26.6. The summed E-state index contributed by atoms with van der Waals surface area (Å²) in [6.07, 6.45) is 0.697. The number of anilines is 1. The van der Waals surface area contributed by atoms with Crippen LogP contribution in [0.5, 0.6) is 0 Å². The topological polar surface area (TPSA) is 69.6 Å². The predicted molar refractivity (Wildman–Crippen MR) is 76.7 cm³/mol. The van der Waals surface area contributed by atoms with Gasteiger partial charge in [0.25, 0.3) is 5.91 Å². The lowest BCUT2D eigenvalue weighted by molar-refractivity contribution is -0.152. The molecule has 2 amide bonds. The average Bonchev–Trinajstić information content (AvgIpc) is 2.76. The molecular weight excluding hydrogens is 268 g/mol. The number of rotatable bonds is 0. The van der Waals surface area contributed by atoms with Crippen LogP contribution >= 0.6 is 0 Å². The lowest BCUT2D eigenvalue weighted by Crippen LogP contribution is -2.52. The van der Waals surface area contributed by atoms with Gasteiger partial charge < -0.3 is 15.3 Å². The molecule has 2 N–H and O–H groups in total. The lowest BCUT2D eigenvalue weighted by atomic mass is 9.63. The number of likely N-dealkylation sites (N-methyl/N-ethyl adjacent to an activating group) is 1. The van der Waals surface area contributed by atoms with Crippen LogP contribution in [0.2, 0.25) is 0 Å². The van der Waals surface area contributed by atoms with E-state index in [0.717, 1.165) is 11.3 Å². The Morgan fingerprint density at radius 3 is 2.76 bits per heavy atom. The quantitative estimate of drug-likeness (QED) is 0.731. The van der Waals surface area contributed by atoms with Crippen LogP contribution < -0.4 is 10.2 Å². The molecule has 1 aliphatic carbocycles. The second kappa shape index (κ2) is 3.47. The summed E-state index contributed by atoms with van der Waals surface area (Å²) in [5.74, 6) is -1.42. The Morgan fingerprint density at radius 1 is 1.33 bits per heavy atom. The summed E-state index contributed by atoms with van der Waals surface area (Å²) < 4.78 is 0. The summed E-state index contributed by atoms with van der Waals surface area (Å²) in [7, 11) is 1.65. The fraction of sp³-hybridized carbons (Fsp3) is 0.500. The largest absolute Gasteiger partial charge is 0.375 e. The van der Waals surface area contributed by atoms with Gasteiger partial charge in [0, 0.05) is 24.1 Å². The summed E-state index contributed by atoms with van der Waals surface area (Å²) in [5, 5.41) is 14.2. The molecule has 1 saturated heterocycles. The minimum atomic E-state index is -1.72. The Hall–Kier alpha value is -1.88. The van der Waals surface area contributed by atoms with Crippen LogP contribution in [-0.4, -0.2) is 29.5 Å². The van der Waals surface area contributed by atoms with Gasteiger partial charge in [-0.05, 0) is 31.9 Å². The highest BCUT2D eigenvalue weighted by atomic mass is 16.3. The number of fused-ring (bicyclic) bond motifs is 2. The normalized spacial score (nSPS) is 35.5. The minimum absolute atomic E-state index is 0.0896. The molecule has 0 bridgehead atoms. The minimum Gasteiger partial charge on any atom is -0.375 e. The van der Waals surface area contributed by atoms with E-state index in [1.807, 2.05) is 32.0 Å². The van der Waals surface area contributed by atoms with Gasteiger partial charge in [-0.15, -0.1) is 0 Å². The highest BCUT2D eigenvalue weighted by Gasteiger charge is 2.66. The molecule has 21 heavy (non-hydrogen) atoms. The molecule has 1 fully saturated rings. The van der Waals surface area contributed by atoms with Crippen LogP contribution in [-0.2, 0) is 21.6 Å². The number of amides is 2. The number of hydrogen-bond donors (Lipinski definition) is 2. The Labute approximate surface area is 122 Å². The van der Waals surface area contributed by atoms with Crippen molar-refractivity contribution in [3.8, 4) is 0 Å². The number of carbonyl (C=O) groups is 2. The molecule has 3 aliphatic rings. The number of benzene rings is 1. The van der Waals surface area contributed by atoms with Crippen LogP contribution in [0, 0.1) is 11.8 Å². The first kappa shape index (κ1) is 12.8. The van der Waals surface area contributed by atoms with Crippen molar-refractivity contribution in [1.29, 1.82) is 0 Å². The van der Waals surface area contributed by atoms with E-state index in [9.17, 15) is 14.7 Å². The molecule has 0 unspecified atom stereocenters. The molecule has 2 heterocycles. The molecular formula is C16H18N2O3. The molecule has 110 valence electrons. The molecule has 5 heteroatoms. The zero-order chi connectivity index (χ0) is 15.2. The van der Waals surface area contributed by atoms with Crippen LogP contribution in [0.25, 0.3) is 0 Å². The van der Waals surface area contributed by atoms with Crippen molar-refractivity contribution in [2.24, 2.45) is 11.8 Å². The van der Waals surface area contributed by atoms with Gasteiger partial charge in [0.1, 0.15) is 0 Å². The lowest BCUT2D eigenvalue weighted by Gasteiger charge is -2.39. The van der Waals surface area contributed by atoms with Crippen molar-refractivity contribution in [2.75, 3.05) is 11.9 Å². The van der Waals surface area contributed by atoms with Gasteiger partial charge >= 0.3 is 0 Å². The van der Waals surface area contributed by atoms with E-state index in [0.29, 0.717) is 12.0 Å². The van der Waals surface area contributed by atoms with Gasteiger partial charge in [-0.1, -0.05) is 12.1 Å². The molecule has 3 atom stereocenters. The van der Waals surface area contributed by atoms with E-state index in [-0.39, 0.29) is 11.8 Å². The van der Waals surface area contributed by atoms with Gasteiger partial charge in [-0.25, -0.2) is 0 Å². The summed E-state index contributed by atoms with van der Waals surface area (Å²) in [5.41, 5.74) is 0.176. The van der Waals surface area contributed by atoms with E-state index < -0.39 is 23.0 Å². The van der Waals surface area contributed by atoms with Crippen molar-refractivity contribution in [3.63, 3.8) is 0 Å². The van der Waals surface area contributed by atoms with Crippen LogP contribution in [0.1, 0.15) is 25.0 Å². The Bertz CT molecular complexity index is 697. The van der Waals surface area contributed by atoms with E-state index in [1.165, 1.54) is 4.90 Å². The third-order valence-electron chi connectivity index (χ3n) is 5.45. The van der Waals surface area contributed by atoms with E-state index >= 15 is 0 Å². The summed E-state index contributed by atoms with van der Waals surface area (Å²) in [6.45, 7) is 3.91. The molecule has 1 aromatic carbocycles. The maximum absolute atomic E-state index is 12.7. The summed E-state index contributed by atoms with van der Waals surface area (Å²) >= 11 is 0. The van der Waals surface area contributed by atoms with Gasteiger partial charge in [-0.3, -0.25) is 9.59 Å². The number of carbonyl (C=O) groups excluding carboxylic acids is 2. The predicted octanol–water partition coefficient (Wildman–Crippen LogP) is 0.547. The van der Waals surface area contributed by atoms with Gasteiger partial charge in [0.05, 0.1) is 11.6 Å². The maximum Gasteiger partial charge on any atom is 0.264 e. The second-order valence-corrected chi connectivity index (χ2v) is 6.94. The van der Waals surface area contributed by atoms with Gasteiger partial charge in [0.15, 0.2) is 5.60 Å². The fourth-order valence-electron chi connectivity index (χ4n) is 4.41. The second-order valence-electron chi connectivity index (χ2n) is 6.94.